The van der Waals surface area contributed by atoms with Gasteiger partial charge in [0.15, 0.2) is 11.5 Å². The van der Waals surface area contributed by atoms with Gasteiger partial charge >= 0.3 is 0 Å². The van der Waals surface area contributed by atoms with Crippen molar-refractivity contribution in [2.24, 2.45) is 0 Å². The number of nitrogens with one attached hydrogen (secondary N) is 1. The minimum atomic E-state index is -4.48. The number of methoxy groups -OCH3 is 3. The van der Waals surface area contributed by atoms with E-state index in [9.17, 15) is 18.0 Å². The summed E-state index contributed by atoms with van der Waals surface area (Å²) >= 11 is 18.7. The number of halogens is 3. The molecule has 250 valence electrons. The van der Waals surface area contributed by atoms with E-state index in [1.165, 1.54) is 62.6 Å². The van der Waals surface area contributed by atoms with Gasteiger partial charge in [-0.05, 0) is 75.2 Å². The van der Waals surface area contributed by atoms with Crippen LogP contribution in [0, 0.1) is 0 Å². The summed E-state index contributed by atoms with van der Waals surface area (Å²) in [5.74, 6) is -0.451. The molecule has 0 fully saturated rings. The van der Waals surface area contributed by atoms with Crippen molar-refractivity contribution in [2.45, 2.75) is 57.1 Å². The summed E-state index contributed by atoms with van der Waals surface area (Å²) in [4.78, 5) is 29.1. The number of carbonyl (C=O) groups excluding carboxylic acids is 2. The third-order valence-electron chi connectivity index (χ3n) is 6.85. The van der Waals surface area contributed by atoms with E-state index in [1.807, 2.05) is 20.8 Å². The molecule has 0 radical (unpaired) electrons. The molecule has 1 N–H and O–H groups in total. The number of amides is 2. The molecule has 1 unspecified atom stereocenters. The third-order valence-corrected chi connectivity index (χ3v) is 9.58. The van der Waals surface area contributed by atoms with Crippen LogP contribution in [0.25, 0.3) is 0 Å². The zero-order chi connectivity index (χ0) is 34.4. The van der Waals surface area contributed by atoms with Crippen molar-refractivity contribution in [1.29, 1.82) is 0 Å². The Kier molecular flexibility index (Phi) is 12.5. The molecule has 0 saturated heterocycles. The number of rotatable bonds is 13. The maximum Gasteiger partial charge on any atom is 0.265 e. The van der Waals surface area contributed by atoms with Crippen LogP contribution in [0.1, 0.15) is 39.7 Å². The molecule has 0 bridgehead atoms. The van der Waals surface area contributed by atoms with E-state index in [1.54, 1.807) is 25.1 Å². The molecule has 0 aliphatic carbocycles. The van der Waals surface area contributed by atoms with Gasteiger partial charge in [0.25, 0.3) is 10.0 Å². The molecule has 0 saturated carbocycles. The Balaban J connectivity index is 2.20. The quantitative estimate of drug-likeness (QED) is 0.213. The molecule has 14 heteroatoms. The lowest BCUT2D eigenvalue weighted by atomic mass is 10.1. The molecule has 0 aliphatic heterocycles. The Hall–Kier alpha value is -3.38. The SMILES string of the molecule is CCC(C(=O)NC(C)(C)C)N(Cc1ccc(Cl)c(Cl)c1)C(=O)CN(c1cc(Cl)ccc1OC)S(=O)(=O)c1ccc(OC)c(OC)c1. The number of benzene rings is 3. The van der Waals surface area contributed by atoms with E-state index < -0.39 is 40.0 Å². The maximum absolute atomic E-state index is 14.4. The number of ether oxygens (including phenoxy) is 3. The van der Waals surface area contributed by atoms with Crippen molar-refractivity contribution in [3.05, 3.63) is 75.2 Å². The van der Waals surface area contributed by atoms with E-state index >= 15 is 0 Å². The van der Waals surface area contributed by atoms with Gasteiger partial charge in [-0.15, -0.1) is 0 Å². The maximum atomic E-state index is 14.4. The number of hydrogen-bond acceptors (Lipinski definition) is 7. The van der Waals surface area contributed by atoms with Gasteiger partial charge in [-0.25, -0.2) is 8.42 Å². The molecule has 10 nitrogen and oxygen atoms in total. The number of sulfonamides is 1. The van der Waals surface area contributed by atoms with Gasteiger partial charge in [0, 0.05) is 23.2 Å². The highest BCUT2D eigenvalue weighted by Crippen LogP contribution is 2.37. The first kappa shape index (κ1) is 37.1. The van der Waals surface area contributed by atoms with Crippen molar-refractivity contribution in [3.63, 3.8) is 0 Å². The lowest BCUT2D eigenvalue weighted by Gasteiger charge is -2.35. The van der Waals surface area contributed by atoms with Crippen LogP contribution in [0.4, 0.5) is 5.69 Å². The fourth-order valence-electron chi connectivity index (χ4n) is 4.68. The van der Waals surface area contributed by atoms with Gasteiger partial charge in [-0.2, -0.15) is 0 Å². The van der Waals surface area contributed by atoms with E-state index in [2.05, 4.69) is 5.32 Å². The van der Waals surface area contributed by atoms with Crippen LogP contribution < -0.4 is 23.8 Å². The summed E-state index contributed by atoms with van der Waals surface area (Å²) < 4.78 is 45.8. The highest BCUT2D eigenvalue weighted by atomic mass is 35.5. The van der Waals surface area contributed by atoms with Crippen LogP contribution in [0.2, 0.25) is 15.1 Å². The summed E-state index contributed by atoms with van der Waals surface area (Å²) in [7, 11) is -0.307. The molecule has 46 heavy (non-hydrogen) atoms. The predicted molar refractivity (Wildman–Crippen MR) is 181 cm³/mol. The highest BCUT2D eigenvalue weighted by molar-refractivity contribution is 7.92. The van der Waals surface area contributed by atoms with E-state index in [4.69, 9.17) is 49.0 Å². The molecule has 3 aromatic carbocycles. The van der Waals surface area contributed by atoms with Crippen LogP contribution in [0.5, 0.6) is 17.2 Å². The first-order valence-corrected chi connectivity index (χ1v) is 16.8. The summed E-state index contributed by atoms with van der Waals surface area (Å²) in [6.07, 6.45) is 0.234. The minimum Gasteiger partial charge on any atom is -0.495 e. The highest BCUT2D eigenvalue weighted by Gasteiger charge is 2.36. The molecule has 0 aromatic heterocycles. The van der Waals surface area contributed by atoms with E-state index in [0.717, 1.165) is 4.31 Å². The molecule has 3 aromatic rings. The van der Waals surface area contributed by atoms with Crippen molar-refractivity contribution < 1.29 is 32.2 Å². The summed E-state index contributed by atoms with van der Waals surface area (Å²) in [5, 5.41) is 3.72. The smallest absolute Gasteiger partial charge is 0.265 e. The first-order chi connectivity index (χ1) is 21.6. The lowest BCUT2D eigenvalue weighted by molar-refractivity contribution is -0.141. The molecule has 1 atom stereocenters. The standard InChI is InChI=1S/C32H38Cl3N3O7S/c1-8-25(31(40)36-32(2,3)4)37(18-20-9-12-23(34)24(35)15-20)30(39)19-38(26-16-21(33)10-13-27(26)43-5)46(41,42)22-11-14-28(44-6)29(17-22)45-7/h9-17,25H,8,18-19H2,1-7H3,(H,36,40). The Morgan fingerprint density at radius 2 is 1.48 bits per heavy atom. The number of carbonyl (C=O) groups is 2. The van der Waals surface area contributed by atoms with Gasteiger partial charge in [0.2, 0.25) is 11.8 Å². The van der Waals surface area contributed by atoms with Crippen LogP contribution in [0.15, 0.2) is 59.5 Å². The van der Waals surface area contributed by atoms with Gasteiger partial charge < -0.3 is 24.4 Å². The average Bonchev–Trinajstić information content (AvgIpc) is 2.99. The van der Waals surface area contributed by atoms with Crippen LogP contribution in [0.3, 0.4) is 0 Å². The van der Waals surface area contributed by atoms with Crippen LogP contribution >= 0.6 is 34.8 Å². The minimum absolute atomic E-state index is 0.0137. The van der Waals surface area contributed by atoms with Crippen molar-refractivity contribution in [2.75, 3.05) is 32.2 Å². The molecule has 0 aliphatic rings. The van der Waals surface area contributed by atoms with Crippen molar-refractivity contribution in [3.8, 4) is 17.2 Å². The van der Waals surface area contributed by atoms with Gasteiger partial charge in [-0.1, -0.05) is 47.8 Å². The van der Waals surface area contributed by atoms with E-state index in [0.29, 0.717) is 16.3 Å². The molecule has 3 rings (SSSR count). The molecule has 2 amide bonds. The Morgan fingerprint density at radius 1 is 0.848 bits per heavy atom. The van der Waals surface area contributed by atoms with Gasteiger partial charge in [0.1, 0.15) is 18.3 Å². The second kappa shape index (κ2) is 15.5. The zero-order valence-corrected chi connectivity index (χ0v) is 29.8. The van der Waals surface area contributed by atoms with Crippen molar-refractivity contribution >= 4 is 62.3 Å². The Labute approximate surface area is 285 Å². The fourth-order valence-corrected chi connectivity index (χ4v) is 6.60. The molecule has 0 spiro atoms. The predicted octanol–water partition coefficient (Wildman–Crippen LogP) is 6.59. The normalized spacial score (nSPS) is 12.2. The monoisotopic (exact) mass is 713 g/mol. The molecule has 0 heterocycles. The zero-order valence-electron chi connectivity index (χ0n) is 26.7. The topological polar surface area (TPSA) is 114 Å². The lowest BCUT2D eigenvalue weighted by Crippen LogP contribution is -2.55. The summed E-state index contributed by atoms with van der Waals surface area (Å²) in [6.45, 7) is 6.46. The van der Waals surface area contributed by atoms with Gasteiger partial charge in [0.05, 0.1) is 42.0 Å². The first-order valence-electron chi connectivity index (χ1n) is 14.2. The summed E-state index contributed by atoms with van der Waals surface area (Å²) in [6, 6.07) is 12.4. The Bertz CT molecular complexity index is 1680. The second-order valence-electron chi connectivity index (χ2n) is 11.3. The fraction of sp³-hybridized carbons (Fsp3) is 0.375. The number of nitrogens with zero attached hydrogens (tertiary/aromatic N) is 2. The third kappa shape index (κ3) is 8.90. The Morgan fingerprint density at radius 3 is 2.04 bits per heavy atom. The number of hydrogen-bond donors (Lipinski definition) is 1. The second-order valence-corrected chi connectivity index (χ2v) is 14.4. The van der Waals surface area contributed by atoms with Gasteiger partial charge in [-0.3, -0.25) is 13.9 Å². The molecular weight excluding hydrogens is 677 g/mol. The summed E-state index contributed by atoms with van der Waals surface area (Å²) in [5.41, 5.74) is -0.000981. The average molecular weight is 715 g/mol. The number of anilines is 1. The van der Waals surface area contributed by atoms with Crippen LogP contribution in [-0.2, 0) is 26.2 Å². The van der Waals surface area contributed by atoms with Crippen LogP contribution in [-0.4, -0.2) is 64.6 Å². The largest absolute Gasteiger partial charge is 0.495 e. The van der Waals surface area contributed by atoms with Crippen molar-refractivity contribution in [1.82, 2.24) is 10.2 Å². The molecular formula is C32H38Cl3N3O7S. The van der Waals surface area contributed by atoms with E-state index in [-0.39, 0.29) is 45.1 Å².